The lowest BCUT2D eigenvalue weighted by Crippen LogP contribution is -2.36. The highest BCUT2D eigenvalue weighted by molar-refractivity contribution is 7.99. The molecule has 0 aliphatic carbocycles. The van der Waals surface area contributed by atoms with E-state index in [0.717, 1.165) is 54.8 Å². The van der Waals surface area contributed by atoms with Crippen molar-refractivity contribution in [3.8, 4) is 17.1 Å². The molecule has 2 heterocycles. The summed E-state index contributed by atoms with van der Waals surface area (Å²) in [4.78, 5) is 14.3. The molecule has 3 rings (SSSR count). The van der Waals surface area contributed by atoms with E-state index < -0.39 is 0 Å². The molecule has 1 saturated heterocycles. The van der Waals surface area contributed by atoms with Crippen LogP contribution >= 0.6 is 11.8 Å². The number of ether oxygens (including phenoxy) is 1. The normalized spacial score (nSPS) is 14.6. The summed E-state index contributed by atoms with van der Waals surface area (Å²) < 4.78 is 7.47. The minimum Gasteiger partial charge on any atom is -0.496 e. The highest BCUT2D eigenvalue weighted by Gasteiger charge is 2.20. The van der Waals surface area contributed by atoms with Gasteiger partial charge in [-0.05, 0) is 38.3 Å². The van der Waals surface area contributed by atoms with Gasteiger partial charge in [0.1, 0.15) is 5.75 Å². The van der Waals surface area contributed by atoms with E-state index in [1.165, 1.54) is 18.2 Å². The van der Waals surface area contributed by atoms with E-state index >= 15 is 0 Å². The maximum atomic E-state index is 12.4. The van der Waals surface area contributed by atoms with Crippen molar-refractivity contribution in [1.82, 2.24) is 19.7 Å². The van der Waals surface area contributed by atoms with Gasteiger partial charge >= 0.3 is 0 Å². The predicted molar refractivity (Wildman–Crippen MR) is 98.8 cm³/mol. The number of thioether (sulfide) groups is 1. The summed E-state index contributed by atoms with van der Waals surface area (Å²) in [6.07, 6.45) is 3.45. The summed E-state index contributed by atoms with van der Waals surface area (Å²) in [5.41, 5.74) is 0.911. The van der Waals surface area contributed by atoms with E-state index in [-0.39, 0.29) is 5.91 Å². The molecule has 134 valence electrons. The van der Waals surface area contributed by atoms with Crippen molar-refractivity contribution in [2.45, 2.75) is 37.9 Å². The van der Waals surface area contributed by atoms with Crippen LogP contribution in [0.4, 0.5) is 0 Å². The summed E-state index contributed by atoms with van der Waals surface area (Å²) in [6.45, 7) is 4.55. The summed E-state index contributed by atoms with van der Waals surface area (Å²) in [5, 5.41) is 9.42. The van der Waals surface area contributed by atoms with E-state index in [4.69, 9.17) is 4.74 Å². The van der Waals surface area contributed by atoms with E-state index in [1.54, 1.807) is 7.11 Å². The van der Waals surface area contributed by atoms with Crippen LogP contribution in [-0.2, 0) is 11.3 Å². The van der Waals surface area contributed by atoms with Crippen LogP contribution in [0.2, 0.25) is 0 Å². The van der Waals surface area contributed by atoms with Crippen LogP contribution in [0.25, 0.3) is 11.4 Å². The Morgan fingerprint density at radius 1 is 1.20 bits per heavy atom. The fraction of sp³-hybridized carbons (Fsp3) is 0.500. The Hall–Kier alpha value is -2.02. The molecule has 1 aliphatic rings. The Labute approximate surface area is 152 Å². The van der Waals surface area contributed by atoms with Crippen LogP contribution in [0.15, 0.2) is 29.4 Å². The maximum absolute atomic E-state index is 12.4. The van der Waals surface area contributed by atoms with E-state index in [1.807, 2.05) is 33.7 Å². The first-order valence-electron chi connectivity index (χ1n) is 8.71. The molecule has 1 aromatic heterocycles. The fourth-order valence-electron chi connectivity index (χ4n) is 3.07. The third kappa shape index (κ3) is 3.98. The number of carbonyl (C=O) groups excluding carboxylic acids is 1. The molecule has 6 nitrogen and oxygen atoms in total. The summed E-state index contributed by atoms with van der Waals surface area (Å²) in [5.74, 6) is 2.14. The molecule has 1 amide bonds. The third-order valence-electron chi connectivity index (χ3n) is 4.41. The molecule has 0 radical (unpaired) electrons. The molecule has 0 N–H and O–H groups in total. The second-order valence-corrected chi connectivity index (χ2v) is 6.92. The van der Waals surface area contributed by atoms with Crippen LogP contribution in [0.5, 0.6) is 5.75 Å². The molecule has 7 heteroatoms. The van der Waals surface area contributed by atoms with E-state index in [0.29, 0.717) is 5.75 Å². The summed E-state index contributed by atoms with van der Waals surface area (Å²) >= 11 is 1.46. The molecule has 0 bridgehead atoms. The van der Waals surface area contributed by atoms with E-state index in [2.05, 4.69) is 17.1 Å². The third-order valence-corrected chi connectivity index (χ3v) is 5.37. The van der Waals surface area contributed by atoms with Crippen molar-refractivity contribution in [3.63, 3.8) is 0 Å². The Balaban J connectivity index is 1.75. The number of rotatable bonds is 6. The van der Waals surface area contributed by atoms with Crippen molar-refractivity contribution >= 4 is 17.7 Å². The average Bonchev–Trinajstić information content (AvgIpc) is 3.09. The Kier molecular flexibility index (Phi) is 5.96. The lowest BCUT2D eigenvalue weighted by Gasteiger charge is -2.26. The molecule has 1 fully saturated rings. The molecule has 0 saturated carbocycles. The largest absolute Gasteiger partial charge is 0.496 e. The van der Waals surface area contributed by atoms with E-state index in [9.17, 15) is 4.79 Å². The van der Waals surface area contributed by atoms with Crippen molar-refractivity contribution in [2.24, 2.45) is 0 Å². The molecule has 25 heavy (non-hydrogen) atoms. The van der Waals surface area contributed by atoms with Gasteiger partial charge in [0.15, 0.2) is 11.0 Å². The van der Waals surface area contributed by atoms with Gasteiger partial charge in [-0.1, -0.05) is 23.9 Å². The SMILES string of the molecule is CCn1c(SCC(=O)N2CCCCC2)nnc1-c1ccccc1OC. The highest BCUT2D eigenvalue weighted by atomic mass is 32.2. The number of benzene rings is 1. The number of aromatic nitrogens is 3. The fourth-order valence-corrected chi connectivity index (χ4v) is 3.98. The molecule has 1 aliphatic heterocycles. The standard InChI is InChI=1S/C18H24N4O2S/c1-3-22-17(14-9-5-6-10-15(14)24-2)19-20-18(22)25-13-16(23)21-11-7-4-8-12-21/h5-6,9-10H,3-4,7-8,11-13H2,1-2H3. The second-order valence-electron chi connectivity index (χ2n) is 5.98. The first-order chi connectivity index (χ1) is 12.2. The Bertz CT molecular complexity index is 726. The number of likely N-dealkylation sites (tertiary alicyclic amines) is 1. The van der Waals surface area contributed by atoms with Gasteiger partial charge < -0.3 is 14.2 Å². The van der Waals surface area contributed by atoms with Crippen LogP contribution in [-0.4, -0.2) is 51.5 Å². The zero-order valence-corrected chi connectivity index (χ0v) is 15.6. The van der Waals surface area contributed by atoms with Crippen molar-refractivity contribution in [1.29, 1.82) is 0 Å². The van der Waals surface area contributed by atoms with Crippen molar-refractivity contribution in [2.75, 3.05) is 26.0 Å². The summed E-state index contributed by atoms with van der Waals surface area (Å²) in [7, 11) is 1.65. The van der Waals surface area contributed by atoms with Crippen LogP contribution in [0, 0.1) is 0 Å². The number of methoxy groups -OCH3 is 1. The first-order valence-corrected chi connectivity index (χ1v) is 9.70. The minimum atomic E-state index is 0.189. The molecular formula is C18H24N4O2S. The molecule has 1 aromatic carbocycles. The number of amides is 1. The first kappa shape index (κ1) is 17.8. The zero-order valence-electron chi connectivity index (χ0n) is 14.8. The van der Waals surface area contributed by atoms with Gasteiger partial charge in [0.25, 0.3) is 0 Å². The van der Waals surface area contributed by atoms with Gasteiger partial charge in [-0.2, -0.15) is 0 Å². The Morgan fingerprint density at radius 2 is 1.96 bits per heavy atom. The smallest absolute Gasteiger partial charge is 0.233 e. The monoisotopic (exact) mass is 360 g/mol. The van der Waals surface area contributed by atoms with Crippen molar-refractivity contribution in [3.05, 3.63) is 24.3 Å². The number of hydrogen-bond donors (Lipinski definition) is 0. The van der Waals surface area contributed by atoms with Gasteiger partial charge in [-0.25, -0.2) is 0 Å². The van der Waals surface area contributed by atoms with Gasteiger partial charge in [-0.15, -0.1) is 10.2 Å². The lowest BCUT2D eigenvalue weighted by molar-refractivity contribution is -0.129. The van der Waals surface area contributed by atoms with Crippen LogP contribution in [0.3, 0.4) is 0 Å². The quantitative estimate of drug-likeness (QED) is 0.741. The van der Waals surface area contributed by atoms with Crippen LogP contribution in [0.1, 0.15) is 26.2 Å². The molecule has 0 atom stereocenters. The van der Waals surface area contributed by atoms with Gasteiger partial charge in [0.2, 0.25) is 5.91 Å². The molecule has 2 aromatic rings. The van der Waals surface area contributed by atoms with Gasteiger partial charge in [-0.3, -0.25) is 4.79 Å². The predicted octanol–water partition coefficient (Wildman–Crippen LogP) is 3.08. The minimum absolute atomic E-state index is 0.189. The molecular weight excluding hydrogens is 336 g/mol. The number of hydrogen-bond acceptors (Lipinski definition) is 5. The molecule has 0 spiro atoms. The highest BCUT2D eigenvalue weighted by Crippen LogP contribution is 2.30. The topological polar surface area (TPSA) is 60.2 Å². The van der Waals surface area contributed by atoms with Crippen molar-refractivity contribution < 1.29 is 9.53 Å². The average molecular weight is 360 g/mol. The van der Waals surface area contributed by atoms with Gasteiger partial charge in [0.05, 0.1) is 18.4 Å². The lowest BCUT2D eigenvalue weighted by atomic mass is 10.1. The maximum Gasteiger partial charge on any atom is 0.233 e. The Morgan fingerprint density at radius 3 is 2.68 bits per heavy atom. The van der Waals surface area contributed by atoms with Gasteiger partial charge in [0, 0.05) is 19.6 Å². The second kappa shape index (κ2) is 8.38. The summed E-state index contributed by atoms with van der Waals surface area (Å²) in [6, 6.07) is 7.78. The molecule has 0 unspecified atom stereocenters. The zero-order chi connectivity index (χ0) is 17.6. The number of piperidine rings is 1. The number of nitrogens with zero attached hydrogens (tertiary/aromatic N) is 4. The number of carbonyl (C=O) groups is 1. The van der Waals surface area contributed by atoms with Crippen LogP contribution < -0.4 is 4.74 Å². The number of para-hydroxylation sites is 1.